The van der Waals surface area contributed by atoms with E-state index in [2.05, 4.69) is 10.3 Å². The van der Waals surface area contributed by atoms with E-state index in [0.717, 1.165) is 5.56 Å². The second-order valence-electron chi connectivity index (χ2n) is 4.30. The number of carbonyl (C=O) groups is 2. The van der Waals surface area contributed by atoms with Crippen LogP contribution in [0.2, 0.25) is 0 Å². The van der Waals surface area contributed by atoms with Crippen LogP contribution in [0.25, 0.3) is 0 Å². The molecule has 2 rings (SSSR count). The second-order valence-corrected chi connectivity index (χ2v) is 4.30. The molecule has 1 aromatic heterocycles. The van der Waals surface area contributed by atoms with Crippen molar-refractivity contribution in [2.24, 2.45) is 11.8 Å². The van der Waals surface area contributed by atoms with Crippen molar-refractivity contribution in [2.45, 2.75) is 19.4 Å². The minimum atomic E-state index is -0.890. The molecule has 1 aliphatic rings. The van der Waals surface area contributed by atoms with E-state index < -0.39 is 11.9 Å². The third-order valence-corrected chi connectivity index (χ3v) is 2.99. The van der Waals surface area contributed by atoms with E-state index in [1.165, 1.54) is 0 Å². The lowest BCUT2D eigenvalue weighted by Gasteiger charge is -2.13. The Bertz CT molecular complexity index is 433. The van der Waals surface area contributed by atoms with Crippen LogP contribution < -0.4 is 5.32 Å². The molecule has 0 bridgehead atoms. The van der Waals surface area contributed by atoms with E-state index in [4.69, 9.17) is 5.11 Å². The monoisotopic (exact) mass is 234 g/mol. The van der Waals surface area contributed by atoms with Gasteiger partial charge >= 0.3 is 5.97 Å². The van der Waals surface area contributed by atoms with Gasteiger partial charge in [-0.2, -0.15) is 0 Å². The normalized spacial score (nSPS) is 23.8. The van der Waals surface area contributed by atoms with E-state index in [9.17, 15) is 9.59 Å². The van der Waals surface area contributed by atoms with E-state index in [1.54, 1.807) is 18.5 Å². The zero-order chi connectivity index (χ0) is 12.4. The molecule has 1 heterocycles. The molecule has 1 fully saturated rings. The smallest absolute Gasteiger partial charge is 0.307 e. The highest BCUT2D eigenvalue weighted by Crippen LogP contribution is 2.39. The molecule has 3 atom stereocenters. The number of nitrogens with zero attached hydrogens (tertiary/aromatic N) is 1. The number of carbonyl (C=O) groups excluding carboxylic acids is 1. The summed E-state index contributed by atoms with van der Waals surface area (Å²) in [7, 11) is 0. The molecule has 17 heavy (non-hydrogen) atoms. The first-order chi connectivity index (χ1) is 8.09. The van der Waals surface area contributed by atoms with Crippen molar-refractivity contribution in [1.82, 2.24) is 10.3 Å². The molecule has 0 aliphatic heterocycles. The Morgan fingerprint density at radius 3 is 2.82 bits per heavy atom. The molecular weight excluding hydrogens is 220 g/mol. The topological polar surface area (TPSA) is 79.3 Å². The van der Waals surface area contributed by atoms with Gasteiger partial charge in [0, 0.05) is 12.4 Å². The van der Waals surface area contributed by atoms with Crippen molar-refractivity contribution in [3.8, 4) is 0 Å². The van der Waals surface area contributed by atoms with E-state index >= 15 is 0 Å². The zero-order valence-electron chi connectivity index (χ0n) is 9.46. The maximum absolute atomic E-state index is 11.7. The van der Waals surface area contributed by atoms with Gasteiger partial charge in [0.2, 0.25) is 5.91 Å². The Kier molecular flexibility index (Phi) is 3.08. The molecule has 90 valence electrons. The van der Waals surface area contributed by atoms with E-state index in [1.807, 2.05) is 13.0 Å². The molecule has 2 unspecified atom stereocenters. The fraction of sp³-hybridized carbons (Fsp3) is 0.417. The first-order valence-corrected chi connectivity index (χ1v) is 5.52. The maximum atomic E-state index is 11.7. The molecule has 0 spiro atoms. The van der Waals surface area contributed by atoms with Gasteiger partial charge in [0.1, 0.15) is 0 Å². The van der Waals surface area contributed by atoms with Gasteiger partial charge in [-0.1, -0.05) is 6.07 Å². The van der Waals surface area contributed by atoms with Crippen molar-refractivity contribution in [2.75, 3.05) is 0 Å². The van der Waals surface area contributed by atoms with Crippen LogP contribution in [-0.4, -0.2) is 22.0 Å². The number of hydrogen-bond donors (Lipinski definition) is 2. The van der Waals surface area contributed by atoms with Gasteiger partial charge in [-0.15, -0.1) is 0 Å². The lowest BCUT2D eigenvalue weighted by atomic mass is 10.1. The quantitative estimate of drug-likeness (QED) is 0.813. The lowest BCUT2D eigenvalue weighted by Crippen LogP contribution is -2.29. The summed E-state index contributed by atoms with van der Waals surface area (Å²) < 4.78 is 0. The highest BCUT2D eigenvalue weighted by Gasteiger charge is 2.48. The Morgan fingerprint density at radius 2 is 2.29 bits per heavy atom. The minimum absolute atomic E-state index is 0.147. The predicted octanol–water partition coefficient (Wildman–Crippen LogP) is 0.980. The van der Waals surface area contributed by atoms with Gasteiger partial charge in [-0.05, 0) is 25.0 Å². The molecular formula is C12H14N2O3. The Labute approximate surface area is 98.9 Å². The van der Waals surface area contributed by atoms with Gasteiger partial charge in [0.25, 0.3) is 0 Å². The van der Waals surface area contributed by atoms with Crippen molar-refractivity contribution < 1.29 is 14.7 Å². The molecule has 1 aromatic rings. The SMILES string of the molecule is C[C@@H](NC(=O)C1CC1C(=O)O)c1cccnc1. The molecule has 1 aliphatic carbocycles. The summed E-state index contributed by atoms with van der Waals surface area (Å²) in [6.45, 7) is 1.85. The lowest BCUT2D eigenvalue weighted by molar-refractivity contribution is -0.140. The van der Waals surface area contributed by atoms with Crippen LogP contribution in [0.4, 0.5) is 0 Å². The summed E-state index contributed by atoms with van der Waals surface area (Å²) in [6.07, 6.45) is 3.80. The first kappa shape index (κ1) is 11.6. The van der Waals surface area contributed by atoms with Crippen LogP contribution in [0, 0.1) is 11.8 Å². The fourth-order valence-electron chi connectivity index (χ4n) is 1.79. The third kappa shape index (κ3) is 2.61. The number of aliphatic carboxylic acids is 1. The van der Waals surface area contributed by atoms with Crippen molar-refractivity contribution in [3.05, 3.63) is 30.1 Å². The summed E-state index contributed by atoms with van der Waals surface area (Å²) in [5.74, 6) is -1.95. The molecule has 2 N–H and O–H groups in total. The van der Waals surface area contributed by atoms with E-state index in [-0.39, 0.29) is 17.9 Å². The Balaban J connectivity index is 1.90. The molecule has 0 aromatic carbocycles. The summed E-state index contributed by atoms with van der Waals surface area (Å²) in [6, 6.07) is 3.53. The summed E-state index contributed by atoms with van der Waals surface area (Å²) in [4.78, 5) is 26.3. The Hall–Kier alpha value is -1.91. The van der Waals surface area contributed by atoms with Gasteiger partial charge in [-0.3, -0.25) is 14.6 Å². The number of hydrogen-bond acceptors (Lipinski definition) is 3. The fourth-order valence-corrected chi connectivity index (χ4v) is 1.79. The molecule has 5 nitrogen and oxygen atoms in total. The number of aromatic nitrogens is 1. The minimum Gasteiger partial charge on any atom is -0.481 e. The number of rotatable bonds is 4. The van der Waals surface area contributed by atoms with Crippen LogP contribution in [0.3, 0.4) is 0 Å². The number of carboxylic acid groups (broad SMARTS) is 1. The highest BCUT2D eigenvalue weighted by molar-refractivity contribution is 5.89. The molecule has 1 amide bonds. The highest BCUT2D eigenvalue weighted by atomic mass is 16.4. The zero-order valence-corrected chi connectivity index (χ0v) is 9.46. The maximum Gasteiger partial charge on any atom is 0.307 e. The molecule has 5 heteroatoms. The third-order valence-electron chi connectivity index (χ3n) is 2.99. The average molecular weight is 234 g/mol. The van der Waals surface area contributed by atoms with Crippen molar-refractivity contribution in [1.29, 1.82) is 0 Å². The Morgan fingerprint density at radius 1 is 1.53 bits per heavy atom. The number of carboxylic acids is 1. The predicted molar refractivity (Wildman–Crippen MR) is 60.0 cm³/mol. The van der Waals surface area contributed by atoms with Crippen molar-refractivity contribution >= 4 is 11.9 Å². The van der Waals surface area contributed by atoms with Crippen LogP contribution >= 0.6 is 0 Å². The van der Waals surface area contributed by atoms with Crippen LogP contribution in [0.15, 0.2) is 24.5 Å². The van der Waals surface area contributed by atoms with Gasteiger partial charge in [0.05, 0.1) is 17.9 Å². The number of amides is 1. The number of pyridine rings is 1. The molecule has 0 radical (unpaired) electrons. The standard InChI is InChI=1S/C12H14N2O3/c1-7(8-3-2-4-13-6-8)14-11(15)9-5-10(9)12(16)17/h2-4,6-7,9-10H,5H2,1H3,(H,14,15)(H,16,17)/t7-,9?,10?/m1/s1. The van der Waals surface area contributed by atoms with Crippen LogP contribution in [0.5, 0.6) is 0 Å². The van der Waals surface area contributed by atoms with Crippen molar-refractivity contribution in [3.63, 3.8) is 0 Å². The summed E-state index contributed by atoms with van der Waals surface area (Å²) in [5, 5.41) is 11.5. The summed E-state index contributed by atoms with van der Waals surface area (Å²) >= 11 is 0. The van der Waals surface area contributed by atoms with Gasteiger partial charge < -0.3 is 10.4 Å². The first-order valence-electron chi connectivity index (χ1n) is 5.52. The number of nitrogens with one attached hydrogen (secondary N) is 1. The largest absolute Gasteiger partial charge is 0.481 e. The molecule has 0 saturated heterocycles. The van der Waals surface area contributed by atoms with Crippen LogP contribution in [-0.2, 0) is 9.59 Å². The second kappa shape index (κ2) is 4.53. The van der Waals surface area contributed by atoms with E-state index in [0.29, 0.717) is 6.42 Å². The van der Waals surface area contributed by atoms with Gasteiger partial charge in [0.15, 0.2) is 0 Å². The average Bonchev–Trinajstić information content (AvgIpc) is 3.10. The van der Waals surface area contributed by atoms with Crippen LogP contribution in [0.1, 0.15) is 24.9 Å². The summed E-state index contributed by atoms with van der Waals surface area (Å²) in [5.41, 5.74) is 0.911. The molecule has 1 saturated carbocycles. The van der Waals surface area contributed by atoms with Gasteiger partial charge in [-0.25, -0.2) is 0 Å².